The number of hydrogen-bond donors (Lipinski definition) is 1. The molecule has 0 aliphatic carbocycles. The molecule has 0 amide bonds. The second-order valence-corrected chi connectivity index (χ2v) is 6.29. The summed E-state index contributed by atoms with van der Waals surface area (Å²) in [5, 5.41) is 3.32. The first-order valence-corrected chi connectivity index (χ1v) is 7.83. The van der Waals surface area contributed by atoms with Crippen molar-refractivity contribution in [2.75, 3.05) is 33.7 Å². The Labute approximate surface area is 113 Å². The largest absolute Gasteiger partial charge is 0.320 e. The van der Waals surface area contributed by atoms with E-state index in [0.717, 1.165) is 18.1 Å². The van der Waals surface area contributed by atoms with E-state index in [0.29, 0.717) is 0 Å². The van der Waals surface area contributed by atoms with E-state index in [1.807, 2.05) is 0 Å². The third-order valence-electron chi connectivity index (χ3n) is 5.05. The molecule has 2 aliphatic heterocycles. The van der Waals surface area contributed by atoms with Gasteiger partial charge in [-0.3, -0.25) is 4.90 Å². The van der Waals surface area contributed by atoms with Gasteiger partial charge in [0, 0.05) is 18.1 Å². The summed E-state index contributed by atoms with van der Waals surface area (Å²) in [4.78, 5) is 5.37. The summed E-state index contributed by atoms with van der Waals surface area (Å²) in [5.41, 5.74) is 0. The van der Waals surface area contributed by atoms with E-state index < -0.39 is 0 Å². The highest BCUT2D eigenvalue weighted by atomic mass is 15.2. The van der Waals surface area contributed by atoms with Gasteiger partial charge in [-0.15, -0.1) is 0 Å². The normalized spacial score (nSPS) is 35.8. The third kappa shape index (κ3) is 3.46. The fourth-order valence-corrected chi connectivity index (χ4v) is 3.69. The fourth-order valence-electron chi connectivity index (χ4n) is 3.69. The van der Waals surface area contributed by atoms with Gasteiger partial charge < -0.3 is 10.2 Å². The van der Waals surface area contributed by atoms with Crippen LogP contribution in [0.2, 0.25) is 0 Å². The Balaban J connectivity index is 1.91. The molecule has 106 valence electrons. The van der Waals surface area contributed by atoms with E-state index in [4.69, 9.17) is 0 Å². The topological polar surface area (TPSA) is 18.5 Å². The zero-order valence-corrected chi connectivity index (χ0v) is 12.5. The van der Waals surface area contributed by atoms with Crippen LogP contribution in [0.15, 0.2) is 0 Å². The molecule has 2 fully saturated rings. The number of piperidine rings is 2. The quantitative estimate of drug-likeness (QED) is 0.826. The van der Waals surface area contributed by atoms with E-state index >= 15 is 0 Å². The van der Waals surface area contributed by atoms with Crippen LogP contribution in [0.4, 0.5) is 0 Å². The van der Waals surface area contributed by atoms with Crippen LogP contribution in [0.3, 0.4) is 0 Å². The Morgan fingerprint density at radius 1 is 1.17 bits per heavy atom. The minimum absolute atomic E-state index is 0.760. The summed E-state index contributed by atoms with van der Waals surface area (Å²) in [5.74, 6) is 0. The molecule has 0 bridgehead atoms. The summed E-state index contributed by atoms with van der Waals surface area (Å²) < 4.78 is 0. The highest BCUT2D eigenvalue weighted by Gasteiger charge is 2.32. The summed E-state index contributed by atoms with van der Waals surface area (Å²) >= 11 is 0. The number of nitrogens with zero attached hydrogens (tertiary/aromatic N) is 2. The number of nitrogens with one attached hydrogen (secondary N) is 1. The second-order valence-electron chi connectivity index (χ2n) is 6.29. The number of hydrogen-bond acceptors (Lipinski definition) is 3. The van der Waals surface area contributed by atoms with Gasteiger partial charge in [-0.05, 0) is 72.8 Å². The van der Waals surface area contributed by atoms with Crippen molar-refractivity contribution in [3.63, 3.8) is 0 Å². The molecule has 2 rings (SSSR count). The molecule has 1 N–H and O–H groups in total. The average Bonchev–Trinajstić information content (AvgIpc) is 2.40. The highest BCUT2D eigenvalue weighted by Crippen LogP contribution is 2.28. The molecule has 3 nitrogen and oxygen atoms in total. The number of likely N-dealkylation sites (tertiary alicyclic amines) is 2. The molecule has 0 aromatic heterocycles. The SMILES string of the molecule is CNCCC1CCCCN1C1CCN(C)C(C)C1. The highest BCUT2D eigenvalue weighted by molar-refractivity contribution is 4.88. The summed E-state index contributed by atoms with van der Waals surface area (Å²) in [6, 6.07) is 2.45. The standard InChI is InChI=1S/C15H31N3/c1-13-12-15(8-11-17(13)3)18-10-5-4-6-14(18)7-9-16-2/h13-16H,4-12H2,1-3H3. The molecule has 18 heavy (non-hydrogen) atoms. The molecular weight excluding hydrogens is 222 g/mol. The molecule has 2 saturated heterocycles. The van der Waals surface area contributed by atoms with Crippen LogP contribution in [0.25, 0.3) is 0 Å². The van der Waals surface area contributed by atoms with Crippen LogP contribution in [-0.2, 0) is 0 Å². The lowest BCUT2D eigenvalue weighted by molar-refractivity contribution is 0.0349. The maximum absolute atomic E-state index is 3.32. The van der Waals surface area contributed by atoms with E-state index in [1.54, 1.807) is 0 Å². The average molecular weight is 253 g/mol. The van der Waals surface area contributed by atoms with Crippen LogP contribution < -0.4 is 5.32 Å². The Hall–Kier alpha value is -0.120. The molecule has 0 aromatic carbocycles. The molecular formula is C15H31N3. The first kappa shape index (κ1) is 14.3. The van der Waals surface area contributed by atoms with E-state index in [-0.39, 0.29) is 0 Å². The Morgan fingerprint density at radius 2 is 2.00 bits per heavy atom. The lowest BCUT2D eigenvalue weighted by Gasteiger charge is -2.46. The third-order valence-corrected chi connectivity index (χ3v) is 5.05. The Morgan fingerprint density at radius 3 is 2.72 bits per heavy atom. The Kier molecular flexibility index (Phi) is 5.46. The Bertz CT molecular complexity index is 244. The van der Waals surface area contributed by atoms with Crippen LogP contribution in [-0.4, -0.2) is 61.7 Å². The van der Waals surface area contributed by atoms with Gasteiger partial charge in [0.1, 0.15) is 0 Å². The van der Waals surface area contributed by atoms with Gasteiger partial charge in [0.25, 0.3) is 0 Å². The molecule has 2 heterocycles. The second kappa shape index (κ2) is 6.88. The molecule has 0 saturated carbocycles. The predicted octanol–water partition coefficient (Wildman–Crippen LogP) is 1.93. The molecule has 2 aliphatic rings. The monoisotopic (exact) mass is 253 g/mol. The molecule has 0 radical (unpaired) electrons. The van der Waals surface area contributed by atoms with E-state index in [9.17, 15) is 0 Å². The van der Waals surface area contributed by atoms with Crippen LogP contribution in [0, 0.1) is 0 Å². The molecule has 3 atom stereocenters. The van der Waals surface area contributed by atoms with Gasteiger partial charge in [-0.2, -0.15) is 0 Å². The van der Waals surface area contributed by atoms with Crippen molar-refractivity contribution < 1.29 is 0 Å². The van der Waals surface area contributed by atoms with Gasteiger partial charge in [0.05, 0.1) is 0 Å². The van der Waals surface area contributed by atoms with Gasteiger partial charge in [0.2, 0.25) is 0 Å². The maximum atomic E-state index is 3.32. The van der Waals surface area contributed by atoms with Crippen molar-refractivity contribution in [1.29, 1.82) is 0 Å². The first-order chi connectivity index (χ1) is 8.72. The van der Waals surface area contributed by atoms with Crippen molar-refractivity contribution in [1.82, 2.24) is 15.1 Å². The van der Waals surface area contributed by atoms with Gasteiger partial charge in [-0.1, -0.05) is 6.42 Å². The van der Waals surface area contributed by atoms with Crippen molar-refractivity contribution in [2.45, 2.75) is 63.6 Å². The maximum Gasteiger partial charge on any atom is 0.0125 e. The van der Waals surface area contributed by atoms with Gasteiger partial charge in [0.15, 0.2) is 0 Å². The summed E-state index contributed by atoms with van der Waals surface area (Å²) in [7, 11) is 4.35. The van der Waals surface area contributed by atoms with Crippen molar-refractivity contribution in [3.05, 3.63) is 0 Å². The van der Waals surface area contributed by atoms with Crippen LogP contribution in [0.5, 0.6) is 0 Å². The number of rotatable bonds is 4. The zero-order chi connectivity index (χ0) is 13.0. The summed E-state index contributed by atoms with van der Waals surface area (Å²) in [6.45, 7) is 6.18. The van der Waals surface area contributed by atoms with Crippen molar-refractivity contribution in [2.24, 2.45) is 0 Å². The summed E-state index contributed by atoms with van der Waals surface area (Å²) in [6.07, 6.45) is 8.34. The van der Waals surface area contributed by atoms with Crippen LogP contribution >= 0.6 is 0 Å². The lowest BCUT2D eigenvalue weighted by Crippen LogP contribution is -2.53. The van der Waals surface area contributed by atoms with E-state index in [2.05, 4.69) is 36.1 Å². The fraction of sp³-hybridized carbons (Fsp3) is 1.00. The van der Waals surface area contributed by atoms with E-state index in [1.165, 1.54) is 58.2 Å². The molecule has 0 spiro atoms. The zero-order valence-electron chi connectivity index (χ0n) is 12.5. The van der Waals surface area contributed by atoms with Crippen LogP contribution in [0.1, 0.15) is 45.4 Å². The first-order valence-electron chi connectivity index (χ1n) is 7.83. The molecule has 3 unspecified atom stereocenters. The van der Waals surface area contributed by atoms with Gasteiger partial charge in [-0.25, -0.2) is 0 Å². The molecule has 0 aromatic rings. The predicted molar refractivity (Wildman–Crippen MR) is 78.0 cm³/mol. The van der Waals surface area contributed by atoms with Crippen molar-refractivity contribution >= 4 is 0 Å². The van der Waals surface area contributed by atoms with Gasteiger partial charge >= 0.3 is 0 Å². The van der Waals surface area contributed by atoms with Crippen molar-refractivity contribution in [3.8, 4) is 0 Å². The smallest absolute Gasteiger partial charge is 0.0125 e. The minimum atomic E-state index is 0.760. The lowest BCUT2D eigenvalue weighted by atomic mass is 9.91. The minimum Gasteiger partial charge on any atom is -0.320 e. The molecule has 3 heteroatoms.